The molecular formula is C17H19NO3. The van der Waals surface area contributed by atoms with Gasteiger partial charge in [-0.15, -0.1) is 0 Å². The van der Waals surface area contributed by atoms with Gasteiger partial charge in [0.25, 0.3) is 0 Å². The van der Waals surface area contributed by atoms with Gasteiger partial charge in [-0.2, -0.15) is 0 Å². The Morgan fingerprint density at radius 1 is 1.10 bits per heavy atom. The van der Waals surface area contributed by atoms with E-state index < -0.39 is 6.04 Å². The standard InChI is InChI=1S/C17H19NO3/c1-12(14-10-6-7-11-15(14)19)18-16(17(20)21-2)13-8-4-3-5-9-13/h3-12,16,18-19H,1-2H3. The minimum atomic E-state index is -0.578. The molecule has 2 N–H and O–H groups in total. The summed E-state index contributed by atoms with van der Waals surface area (Å²) in [5, 5.41) is 13.1. The molecule has 110 valence electrons. The Morgan fingerprint density at radius 3 is 2.33 bits per heavy atom. The minimum Gasteiger partial charge on any atom is -0.508 e. The van der Waals surface area contributed by atoms with Gasteiger partial charge in [0.1, 0.15) is 11.8 Å². The quantitative estimate of drug-likeness (QED) is 0.829. The van der Waals surface area contributed by atoms with Crippen molar-refractivity contribution >= 4 is 5.97 Å². The number of hydrogen-bond donors (Lipinski definition) is 2. The number of rotatable bonds is 5. The molecule has 0 aromatic heterocycles. The van der Waals surface area contributed by atoms with Gasteiger partial charge in [0.2, 0.25) is 0 Å². The van der Waals surface area contributed by atoms with E-state index in [1.54, 1.807) is 12.1 Å². The van der Waals surface area contributed by atoms with Crippen molar-refractivity contribution in [3.8, 4) is 5.75 Å². The number of methoxy groups -OCH3 is 1. The van der Waals surface area contributed by atoms with Crippen molar-refractivity contribution in [2.75, 3.05) is 7.11 Å². The molecule has 4 nitrogen and oxygen atoms in total. The summed E-state index contributed by atoms with van der Waals surface area (Å²) in [6.45, 7) is 1.90. The van der Waals surface area contributed by atoms with Gasteiger partial charge in [-0.1, -0.05) is 48.5 Å². The number of benzene rings is 2. The van der Waals surface area contributed by atoms with Crippen molar-refractivity contribution in [3.05, 3.63) is 65.7 Å². The molecule has 0 bridgehead atoms. The van der Waals surface area contributed by atoms with Gasteiger partial charge in [0.15, 0.2) is 0 Å². The molecule has 0 aliphatic heterocycles. The van der Waals surface area contributed by atoms with Crippen molar-refractivity contribution in [1.82, 2.24) is 5.32 Å². The summed E-state index contributed by atoms with van der Waals surface area (Å²) in [6, 6.07) is 15.7. The van der Waals surface area contributed by atoms with Crippen LogP contribution in [0.2, 0.25) is 0 Å². The van der Waals surface area contributed by atoms with Crippen LogP contribution >= 0.6 is 0 Å². The van der Waals surface area contributed by atoms with Gasteiger partial charge in [-0.05, 0) is 18.6 Å². The van der Waals surface area contributed by atoms with Gasteiger partial charge in [-0.25, -0.2) is 4.79 Å². The predicted octanol–water partition coefficient (Wildman–Crippen LogP) is 2.96. The first kappa shape index (κ1) is 15.1. The minimum absolute atomic E-state index is 0.199. The topological polar surface area (TPSA) is 58.6 Å². The summed E-state index contributed by atoms with van der Waals surface area (Å²) < 4.78 is 4.87. The number of carbonyl (C=O) groups is 1. The Kier molecular flexibility index (Phi) is 4.95. The van der Waals surface area contributed by atoms with Gasteiger partial charge in [0, 0.05) is 11.6 Å². The lowest BCUT2D eigenvalue weighted by atomic mass is 10.0. The molecule has 0 amide bonds. The Bertz CT molecular complexity index is 598. The van der Waals surface area contributed by atoms with Gasteiger partial charge in [0.05, 0.1) is 7.11 Å². The maximum atomic E-state index is 12.0. The van der Waals surface area contributed by atoms with Crippen LogP contribution < -0.4 is 5.32 Å². The lowest BCUT2D eigenvalue weighted by Crippen LogP contribution is -2.31. The Labute approximate surface area is 124 Å². The molecule has 0 saturated heterocycles. The van der Waals surface area contributed by atoms with Crippen LogP contribution in [0.15, 0.2) is 54.6 Å². The van der Waals surface area contributed by atoms with E-state index in [1.807, 2.05) is 49.4 Å². The largest absolute Gasteiger partial charge is 0.508 e. The van der Waals surface area contributed by atoms with Crippen molar-refractivity contribution in [2.24, 2.45) is 0 Å². The fourth-order valence-electron chi connectivity index (χ4n) is 2.26. The maximum absolute atomic E-state index is 12.0. The zero-order valence-electron chi connectivity index (χ0n) is 12.1. The molecule has 2 aromatic carbocycles. The van der Waals surface area contributed by atoms with Crippen molar-refractivity contribution < 1.29 is 14.6 Å². The Morgan fingerprint density at radius 2 is 1.71 bits per heavy atom. The zero-order valence-corrected chi connectivity index (χ0v) is 12.1. The lowest BCUT2D eigenvalue weighted by Gasteiger charge is -2.22. The number of nitrogens with one attached hydrogen (secondary N) is 1. The highest BCUT2D eigenvalue weighted by atomic mass is 16.5. The summed E-state index contributed by atoms with van der Waals surface area (Å²) in [4.78, 5) is 12.0. The van der Waals surface area contributed by atoms with E-state index in [4.69, 9.17) is 4.74 Å². The molecule has 0 fully saturated rings. The highest BCUT2D eigenvalue weighted by Crippen LogP contribution is 2.26. The summed E-state index contributed by atoms with van der Waals surface area (Å²) >= 11 is 0. The lowest BCUT2D eigenvalue weighted by molar-refractivity contribution is -0.143. The van der Waals surface area contributed by atoms with E-state index in [0.29, 0.717) is 0 Å². The summed E-state index contributed by atoms with van der Waals surface area (Å²) in [7, 11) is 1.37. The second-order valence-electron chi connectivity index (χ2n) is 4.81. The first-order valence-electron chi connectivity index (χ1n) is 6.80. The van der Waals surface area contributed by atoms with Crippen LogP contribution in [0.4, 0.5) is 0 Å². The normalized spacial score (nSPS) is 13.4. The molecule has 0 aliphatic carbocycles. The van der Waals surface area contributed by atoms with Crippen LogP contribution in [0.3, 0.4) is 0 Å². The van der Waals surface area contributed by atoms with E-state index in [2.05, 4.69) is 5.32 Å². The van der Waals surface area contributed by atoms with Gasteiger partial charge >= 0.3 is 5.97 Å². The van der Waals surface area contributed by atoms with E-state index in [-0.39, 0.29) is 17.8 Å². The number of esters is 1. The number of hydrogen-bond acceptors (Lipinski definition) is 4. The number of para-hydroxylation sites is 1. The Hall–Kier alpha value is -2.33. The highest BCUT2D eigenvalue weighted by Gasteiger charge is 2.24. The highest BCUT2D eigenvalue weighted by molar-refractivity contribution is 5.77. The first-order chi connectivity index (χ1) is 10.1. The van der Waals surface area contributed by atoms with Gasteiger partial charge < -0.3 is 9.84 Å². The molecule has 0 aliphatic rings. The summed E-state index contributed by atoms with van der Waals surface area (Å²) in [6.07, 6.45) is 0. The van der Waals surface area contributed by atoms with Crippen LogP contribution in [0.1, 0.15) is 30.1 Å². The van der Waals surface area contributed by atoms with Crippen LogP contribution in [0.25, 0.3) is 0 Å². The second-order valence-corrected chi connectivity index (χ2v) is 4.81. The van der Waals surface area contributed by atoms with E-state index in [9.17, 15) is 9.90 Å². The number of carbonyl (C=O) groups excluding carboxylic acids is 1. The average Bonchev–Trinajstić information content (AvgIpc) is 2.53. The van der Waals surface area contributed by atoms with Crippen LogP contribution in [-0.2, 0) is 9.53 Å². The molecule has 2 atom stereocenters. The molecule has 2 aromatic rings. The third kappa shape index (κ3) is 3.61. The van der Waals surface area contributed by atoms with Crippen LogP contribution in [0.5, 0.6) is 5.75 Å². The number of phenols is 1. The maximum Gasteiger partial charge on any atom is 0.327 e. The molecule has 2 rings (SSSR count). The van der Waals surface area contributed by atoms with E-state index in [0.717, 1.165) is 11.1 Å². The number of ether oxygens (including phenoxy) is 1. The molecule has 0 radical (unpaired) electrons. The van der Waals surface area contributed by atoms with Crippen molar-refractivity contribution in [1.29, 1.82) is 0 Å². The zero-order chi connectivity index (χ0) is 15.2. The van der Waals surface area contributed by atoms with Crippen molar-refractivity contribution in [3.63, 3.8) is 0 Å². The second kappa shape index (κ2) is 6.90. The fourth-order valence-corrected chi connectivity index (χ4v) is 2.26. The average molecular weight is 285 g/mol. The third-order valence-electron chi connectivity index (χ3n) is 3.39. The molecule has 2 unspecified atom stereocenters. The molecule has 21 heavy (non-hydrogen) atoms. The van der Waals surface area contributed by atoms with Crippen molar-refractivity contribution in [2.45, 2.75) is 19.0 Å². The summed E-state index contributed by atoms with van der Waals surface area (Å²) in [5.41, 5.74) is 1.56. The molecule has 0 saturated carbocycles. The third-order valence-corrected chi connectivity index (χ3v) is 3.39. The molecule has 0 heterocycles. The summed E-state index contributed by atoms with van der Waals surface area (Å²) in [5.74, 6) is -0.155. The van der Waals surface area contributed by atoms with E-state index in [1.165, 1.54) is 7.11 Å². The predicted molar refractivity (Wildman–Crippen MR) is 80.9 cm³/mol. The van der Waals surface area contributed by atoms with Crippen LogP contribution in [-0.4, -0.2) is 18.2 Å². The van der Waals surface area contributed by atoms with E-state index >= 15 is 0 Å². The molecular weight excluding hydrogens is 266 g/mol. The molecule has 0 spiro atoms. The van der Waals surface area contributed by atoms with Crippen LogP contribution in [0, 0.1) is 0 Å². The molecule has 4 heteroatoms. The fraction of sp³-hybridized carbons (Fsp3) is 0.235. The number of phenolic OH excluding ortho intramolecular Hbond substituents is 1. The SMILES string of the molecule is COC(=O)C(NC(C)c1ccccc1O)c1ccccc1. The monoisotopic (exact) mass is 285 g/mol. The first-order valence-corrected chi connectivity index (χ1v) is 6.80. The Balaban J connectivity index is 2.24. The number of aromatic hydroxyl groups is 1. The smallest absolute Gasteiger partial charge is 0.327 e. The van der Waals surface area contributed by atoms with Gasteiger partial charge in [-0.3, -0.25) is 5.32 Å².